The number of aliphatic hydroxyl groups excluding tert-OH is 1. The van der Waals surface area contributed by atoms with Crippen molar-refractivity contribution in [3.05, 3.63) is 28.9 Å². The lowest BCUT2D eigenvalue weighted by atomic mass is 9.99. The van der Waals surface area contributed by atoms with Crippen molar-refractivity contribution in [2.24, 2.45) is 0 Å². The van der Waals surface area contributed by atoms with Gasteiger partial charge in [0, 0.05) is 23.6 Å². The highest BCUT2D eigenvalue weighted by Crippen LogP contribution is 2.34. The summed E-state index contributed by atoms with van der Waals surface area (Å²) in [6, 6.07) is 5.45. The molecule has 7 nitrogen and oxygen atoms in total. The summed E-state index contributed by atoms with van der Waals surface area (Å²) < 4.78 is 4.82. The number of methoxy groups -OCH3 is 1. The summed E-state index contributed by atoms with van der Waals surface area (Å²) in [4.78, 5) is 29.9. The van der Waals surface area contributed by atoms with Gasteiger partial charge in [0.2, 0.25) is 5.91 Å². The van der Waals surface area contributed by atoms with Crippen LogP contribution in [0.25, 0.3) is 10.9 Å². The van der Waals surface area contributed by atoms with Crippen LogP contribution in [0.3, 0.4) is 0 Å². The highest BCUT2D eigenvalue weighted by molar-refractivity contribution is 6.37. The summed E-state index contributed by atoms with van der Waals surface area (Å²) >= 11 is 6.30. The fourth-order valence-electron chi connectivity index (χ4n) is 3.69. The van der Waals surface area contributed by atoms with Crippen LogP contribution in [0, 0.1) is 0 Å². The van der Waals surface area contributed by atoms with Gasteiger partial charge in [0.25, 0.3) is 0 Å². The van der Waals surface area contributed by atoms with Gasteiger partial charge in [-0.25, -0.2) is 4.79 Å². The van der Waals surface area contributed by atoms with Crippen molar-refractivity contribution in [1.82, 2.24) is 9.88 Å². The summed E-state index contributed by atoms with van der Waals surface area (Å²) in [6.45, 7) is 1.12. The first kappa shape index (κ1) is 19.7. The van der Waals surface area contributed by atoms with Crippen molar-refractivity contribution in [3.8, 4) is 0 Å². The number of aliphatic hydroxyl groups is 1. The number of rotatable bonds is 6. The number of anilines is 1. The Bertz CT molecular complexity index is 834. The molecule has 1 aromatic heterocycles. The largest absolute Gasteiger partial charge is 0.464 e. The normalized spacial score (nSPS) is 17.8. The third-order valence-corrected chi connectivity index (χ3v) is 5.30. The van der Waals surface area contributed by atoms with Crippen molar-refractivity contribution >= 4 is 40.1 Å². The third-order valence-electron chi connectivity index (χ3n) is 4.99. The van der Waals surface area contributed by atoms with E-state index >= 15 is 0 Å². The van der Waals surface area contributed by atoms with Gasteiger partial charge in [-0.1, -0.05) is 24.1 Å². The molecule has 2 aromatic rings. The number of ether oxygens (including phenoxy) is 1. The van der Waals surface area contributed by atoms with Gasteiger partial charge >= 0.3 is 5.97 Å². The zero-order chi connectivity index (χ0) is 19.4. The molecular weight excluding hydrogens is 370 g/mol. The highest BCUT2D eigenvalue weighted by Gasteiger charge is 2.26. The van der Waals surface area contributed by atoms with E-state index in [4.69, 9.17) is 16.3 Å². The monoisotopic (exact) mass is 393 g/mol. The zero-order valence-corrected chi connectivity index (χ0v) is 16.0. The molecule has 0 aliphatic carbocycles. The number of nitrogens with one attached hydrogen (secondary N) is 2. The van der Waals surface area contributed by atoms with Gasteiger partial charge in [-0.05, 0) is 37.9 Å². The lowest BCUT2D eigenvalue weighted by Crippen LogP contribution is -2.44. The maximum Gasteiger partial charge on any atom is 0.356 e. The van der Waals surface area contributed by atoms with E-state index in [2.05, 4.69) is 15.2 Å². The molecule has 3 N–H and O–H groups in total. The Morgan fingerprint density at radius 3 is 2.96 bits per heavy atom. The van der Waals surface area contributed by atoms with Crippen LogP contribution in [-0.2, 0) is 9.53 Å². The molecule has 3 rings (SSSR count). The van der Waals surface area contributed by atoms with Crippen LogP contribution >= 0.6 is 11.6 Å². The van der Waals surface area contributed by atoms with Gasteiger partial charge in [0.1, 0.15) is 5.69 Å². The third kappa shape index (κ3) is 4.26. The summed E-state index contributed by atoms with van der Waals surface area (Å²) in [5.41, 5.74) is 1.15. The van der Waals surface area contributed by atoms with Gasteiger partial charge in [-0.3, -0.25) is 9.69 Å². The van der Waals surface area contributed by atoms with Crippen molar-refractivity contribution in [1.29, 1.82) is 0 Å². The number of amides is 1. The Kier molecular flexibility index (Phi) is 6.36. The first-order chi connectivity index (χ1) is 13.0. The number of benzene rings is 1. The van der Waals surface area contributed by atoms with E-state index in [1.165, 1.54) is 7.11 Å². The Labute approximate surface area is 162 Å². The van der Waals surface area contributed by atoms with E-state index in [0.717, 1.165) is 25.8 Å². The number of likely N-dealkylation sites (tertiary alicyclic amines) is 1. The van der Waals surface area contributed by atoms with Crippen LogP contribution in [0.2, 0.25) is 5.02 Å². The molecule has 1 aromatic carbocycles. The van der Waals surface area contributed by atoms with Crippen molar-refractivity contribution in [2.75, 3.05) is 32.1 Å². The minimum atomic E-state index is -0.575. The van der Waals surface area contributed by atoms with Crippen LogP contribution in [0.15, 0.2) is 18.2 Å². The molecule has 2 heterocycles. The number of fused-ring (bicyclic) bond motifs is 1. The fraction of sp³-hybridized carbons (Fsp3) is 0.474. The molecule has 0 bridgehead atoms. The quantitative estimate of drug-likeness (QED) is 0.656. The molecule has 1 saturated heterocycles. The Balaban J connectivity index is 1.84. The summed E-state index contributed by atoms with van der Waals surface area (Å²) in [6.07, 6.45) is 3.76. The number of nitrogens with zero attached hydrogens (tertiary/aromatic N) is 1. The van der Waals surface area contributed by atoms with E-state index in [9.17, 15) is 14.7 Å². The van der Waals surface area contributed by atoms with E-state index in [0.29, 0.717) is 28.0 Å². The van der Waals surface area contributed by atoms with Crippen LogP contribution < -0.4 is 5.32 Å². The van der Waals surface area contributed by atoms with Gasteiger partial charge in [0.05, 0.1) is 24.4 Å². The number of carbonyl (C=O) groups excluding carboxylic acids is 2. The maximum atomic E-state index is 12.7. The SMILES string of the molecule is COC(=O)c1[nH]c2cccc(Cl)c2c1NC(=O)CN1CCCC[C@@H]1CCO. The summed E-state index contributed by atoms with van der Waals surface area (Å²) in [5, 5.41) is 13.1. The van der Waals surface area contributed by atoms with Crippen molar-refractivity contribution in [3.63, 3.8) is 0 Å². The second kappa shape index (κ2) is 8.73. The Hall–Kier alpha value is -2.09. The molecule has 27 heavy (non-hydrogen) atoms. The predicted molar refractivity (Wildman–Crippen MR) is 104 cm³/mol. The van der Waals surface area contributed by atoms with Gasteiger partial charge in [0.15, 0.2) is 0 Å². The zero-order valence-electron chi connectivity index (χ0n) is 15.3. The van der Waals surface area contributed by atoms with Gasteiger partial charge in [-0.15, -0.1) is 0 Å². The number of esters is 1. The molecule has 0 saturated carbocycles. The molecule has 0 unspecified atom stereocenters. The number of aromatic nitrogens is 1. The standard InChI is InChI=1S/C19H24ClN3O4/c1-27-19(26)18-17(16-13(20)6-4-7-14(16)21-18)22-15(25)11-23-9-3-2-5-12(23)8-10-24/h4,6-7,12,21,24H,2-3,5,8-11H2,1H3,(H,22,25)/t12-/m1/s1. The number of halogens is 1. The summed E-state index contributed by atoms with van der Waals surface area (Å²) in [5.74, 6) is -0.806. The van der Waals surface area contributed by atoms with Crippen LogP contribution in [-0.4, -0.2) is 59.7 Å². The molecule has 8 heteroatoms. The van der Waals surface area contributed by atoms with Crippen LogP contribution in [0.1, 0.15) is 36.2 Å². The number of aromatic amines is 1. The predicted octanol–water partition coefficient (Wildman–Crippen LogP) is 2.78. The van der Waals surface area contributed by atoms with E-state index in [1.54, 1.807) is 18.2 Å². The lowest BCUT2D eigenvalue weighted by Gasteiger charge is -2.34. The average molecular weight is 394 g/mol. The second-order valence-electron chi connectivity index (χ2n) is 6.71. The topological polar surface area (TPSA) is 94.7 Å². The fourth-order valence-corrected chi connectivity index (χ4v) is 3.96. The van der Waals surface area contributed by atoms with Crippen LogP contribution in [0.4, 0.5) is 5.69 Å². The van der Waals surface area contributed by atoms with Crippen molar-refractivity contribution in [2.45, 2.75) is 31.7 Å². The molecule has 146 valence electrons. The molecular formula is C19H24ClN3O4. The van der Waals surface area contributed by atoms with E-state index in [-0.39, 0.29) is 30.8 Å². The van der Waals surface area contributed by atoms with Crippen molar-refractivity contribution < 1.29 is 19.4 Å². The Morgan fingerprint density at radius 2 is 2.22 bits per heavy atom. The second-order valence-corrected chi connectivity index (χ2v) is 7.12. The van der Waals surface area contributed by atoms with Gasteiger partial charge in [-0.2, -0.15) is 0 Å². The van der Waals surface area contributed by atoms with E-state index in [1.807, 2.05) is 0 Å². The molecule has 1 amide bonds. The number of piperidine rings is 1. The first-order valence-electron chi connectivity index (χ1n) is 9.08. The van der Waals surface area contributed by atoms with Crippen LogP contribution in [0.5, 0.6) is 0 Å². The minimum absolute atomic E-state index is 0.104. The molecule has 0 radical (unpaired) electrons. The average Bonchev–Trinajstić information content (AvgIpc) is 3.02. The number of hydrogen-bond donors (Lipinski definition) is 3. The minimum Gasteiger partial charge on any atom is -0.464 e. The molecule has 1 aliphatic rings. The maximum absolute atomic E-state index is 12.7. The smallest absolute Gasteiger partial charge is 0.356 e. The summed E-state index contributed by atoms with van der Waals surface area (Å²) in [7, 11) is 1.29. The number of carbonyl (C=O) groups is 2. The molecule has 1 fully saturated rings. The number of H-pyrrole nitrogens is 1. The number of hydrogen-bond acceptors (Lipinski definition) is 5. The molecule has 0 spiro atoms. The molecule has 1 atom stereocenters. The Morgan fingerprint density at radius 1 is 1.41 bits per heavy atom. The lowest BCUT2D eigenvalue weighted by molar-refractivity contribution is -0.118. The van der Waals surface area contributed by atoms with E-state index < -0.39 is 5.97 Å². The molecule has 1 aliphatic heterocycles. The first-order valence-corrected chi connectivity index (χ1v) is 9.46. The van der Waals surface area contributed by atoms with Gasteiger partial charge < -0.3 is 20.1 Å². The highest BCUT2D eigenvalue weighted by atomic mass is 35.5.